The van der Waals surface area contributed by atoms with Gasteiger partial charge in [0.1, 0.15) is 12.5 Å². The summed E-state index contributed by atoms with van der Waals surface area (Å²) in [5.74, 6) is 0. The first kappa shape index (κ1) is 13.2. The molecular weight excluding hydrogens is 256 g/mol. The maximum absolute atomic E-state index is 5.85. The lowest BCUT2D eigenvalue weighted by Gasteiger charge is -2.33. The fraction of sp³-hybridized carbons (Fsp3) is 0.889. The van der Waals surface area contributed by atoms with Crippen LogP contribution in [-0.4, -0.2) is 32.9 Å². The van der Waals surface area contributed by atoms with E-state index in [9.17, 15) is 0 Å². The molecule has 0 aromatic heterocycles. The first-order chi connectivity index (χ1) is 7.00. The van der Waals surface area contributed by atoms with E-state index in [0.717, 1.165) is 25.8 Å². The second kappa shape index (κ2) is 5.46. The summed E-state index contributed by atoms with van der Waals surface area (Å²) >= 11 is 17.6. The van der Waals surface area contributed by atoms with E-state index in [1.165, 1.54) is 0 Å². The molecule has 3 nitrogen and oxygen atoms in total. The molecule has 1 unspecified atom stereocenters. The normalized spacial score (nSPS) is 21.5. The van der Waals surface area contributed by atoms with Crippen molar-refractivity contribution in [2.45, 2.75) is 43.2 Å². The van der Waals surface area contributed by atoms with E-state index in [1.54, 1.807) is 11.2 Å². The monoisotopic (exact) mass is 271 g/mol. The highest BCUT2D eigenvalue weighted by Gasteiger charge is 2.38. The van der Waals surface area contributed by atoms with Crippen molar-refractivity contribution in [3.8, 4) is 0 Å². The number of hydrogen-bond acceptors (Lipinski definition) is 3. The Hall–Kier alpha value is 0.140. The van der Waals surface area contributed by atoms with Crippen molar-refractivity contribution < 1.29 is 0 Å². The Balaban J connectivity index is 2.62. The Morgan fingerprint density at radius 2 is 2.00 bits per heavy atom. The van der Waals surface area contributed by atoms with Gasteiger partial charge in [0.2, 0.25) is 0 Å². The van der Waals surface area contributed by atoms with Crippen LogP contribution in [0.1, 0.15) is 33.1 Å². The van der Waals surface area contributed by atoms with Gasteiger partial charge >= 0.3 is 0 Å². The van der Waals surface area contributed by atoms with Crippen molar-refractivity contribution >= 4 is 41.1 Å². The predicted molar refractivity (Wildman–Crippen MR) is 66.3 cm³/mol. The minimum atomic E-state index is -1.41. The van der Waals surface area contributed by atoms with Gasteiger partial charge in [-0.2, -0.15) is 5.10 Å². The standard InChI is InChI=1S/C9H16Cl3N3/c1-3-5-6-15-8(4-2)14(7-13-15)9(10,11)12/h7-8H,3-6H2,1-2H3. The van der Waals surface area contributed by atoms with E-state index in [-0.39, 0.29) is 6.17 Å². The van der Waals surface area contributed by atoms with Gasteiger partial charge < -0.3 is 0 Å². The highest BCUT2D eigenvalue weighted by molar-refractivity contribution is 6.67. The van der Waals surface area contributed by atoms with E-state index in [4.69, 9.17) is 34.8 Å². The highest BCUT2D eigenvalue weighted by atomic mass is 35.6. The molecule has 1 aliphatic rings. The Morgan fingerprint density at radius 3 is 2.47 bits per heavy atom. The van der Waals surface area contributed by atoms with Crippen LogP contribution in [-0.2, 0) is 0 Å². The van der Waals surface area contributed by atoms with Crippen molar-refractivity contribution in [3.05, 3.63) is 0 Å². The summed E-state index contributed by atoms with van der Waals surface area (Å²) in [6.45, 7) is 5.11. The van der Waals surface area contributed by atoms with Gasteiger partial charge in [-0.3, -0.25) is 9.91 Å². The molecule has 0 aromatic carbocycles. The molecule has 15 heavy (non-hydrogen) atoms. The number of hydrogen-bond donors (Lipinski definition) is 0. The molecule has 0 radical (unpaired) electrons. The molecule has 0 saturated heterocycles. The highest BCUT2D eigenvalue weighted by Crippen LogP contribution is 2.35. The summed E-state index contributed by atoms with van der Waals surface area (Å²) < 4.78 is -1.41. The average Bonchev–Trinajstić information content (AvgIpc) is 2.56. The molecular formula is C9H16Cl3N3. The van der Waals surface area contributed by atoms with Crippen LogP contribution in [0, 0.1) is 0 Å². The smallest absolute Gasteiger partial charge is 0.270 e. The van der Waals surface area contributed by atoms with Crippen LogP contribution in [0.15, 0.2) is 5.10 Å². The van der Waals surface area contributed by atoms with E-state index in [1.807, 2.05) is 5.01 Å². The van der Waals surface area contributed by atoms with Crippen molar-refractivity contribution in [2.24, 2.45) is 5.10 Å². The maximum Gasteiger partial charge on any atom is 0.270 e. The molecule has 0 spiro atoms. The number of nitrogens with zero attached hydrogens (tertiary/aromatic N) is 3. The van der Waals surface area contributed by atoms with Crippen LogP contribution in [0.25, 0.3) is 0 Å². The molecule has 0 saturated carbocycles. The average molecular weight is 273 g/mol. The molecule has 88 valence electrons. The first-order valence-electron chi connectivity index (χ1n) is 5.16. The van der Waals surface area contributed by atoms with Gasteiger partial charge in [-0.1, -0.05) is 55.1 Å². The fourth-order valence-electron chi connectivity index (χ4n) is 1.59. The molecule has 0 N–H and O–H groups in total. The predicted octanol–water partition coefficient (Wildman–Crippen LogP) is 3.41. The Labute approximate surface area is 106 Å². The zero-order valence-electron chi connectivity index (χ0n) is 8.96. The lowest BCUT2D eigenvalue weighted by molar-refractivity contribution is 0.124. The lowest BCUT2D eigenvalue weighted by Crippen LogP contribution is -2.45. The molecule has 6 heteroatoms. The fourth-order valence-corrected chi connectivity index (χ4v) is 2.06. The first-order valence-corrected chi connectivity index (χ1v) is 6.30. The summed E-state index contributed by atoms with van der Waals surface area (Å²) in [5.41, 5.74) is 0. The number of unbranched alkanes of at least 4 members (excludes halogenated alkanes) is 1. The Bertz CT molecular complexity index is 227. The van der Waals surface area contributed by atoms with Crippen LogP contribution in [0.5, 0.6) is 0 Å². The third-order valence-corrected chi connectivity index (χ3v) is 2.97. The molecule has 1 rings (SSSR count). The summed E-state index contributed by atoms with van der Waals surface area (Å²) in [5, 5.41) is 6.23. The lowest BCUT2D eigenvalue weighted by atomic mass is 10.3. The van der Waals surface area contributed by atoms with Gasteiger partial charge in [-0.25, -0.2) is 0 Å². The molecule has 0 amide bonds. The maximum atomic E-state index is 5.85. The SMILES string of the molecule is CCCCN1N=CN(C(Cl)(Cl)Cl)C1CC. The van der Waals surface area contributed by atoms with Crippen LogP contribution >= 0.6 is 34.8 Å². The van der Waals surface area contributed by atoms with Crippen molar-refractivity contribution in [3.63, 3.8) is 0 Å². The second-order valence-corrected chi connectivity index (χ2v) is 5.73. The van der Waals surface area contributed by atoms with Crippen LogP contribution < -0.4 is 0 Å². The summed E-state index contributed by atoms with van der Waals surface area (Å²) in [7, 11) is 0. The van der Waals surface area contributed by atoms with Crippen LogP contribution in [0.3, 0.4) is 0 Å². The third kappa shape index (κ3) is 3.30. The Morgan fingerprint density at radius 1 is 1.33 bits per heavy atom. The molecule has 1 aliphatic heterocycles. The van der Waals surface area contributed by atoms with Gasteiger partial charge in [0, 0.05) is 6.54 Å². The zero-order valence-corrected chi connectivity index (χ0v) is 11.2. The van der Waals surface area contributed by atoms with Gasteiger partial charge in [-0.15, -0.1) is 0 Å². The van der Waals surface area contributed by atoms with Crippen LogP contribution in [0.2, 0.25) is 0 Å². The van der Waals surface area contributed by atoms with Gasteiger partial charge in [0.05, 0.1) is 0 Å². The van der Waals surface area contributed by atoms with E-state index < -0.39 is 3.92 Å². The van der Waals surface area contributed by atoms with Crippen molar-refractivity contribution in [1.29, 1.82) is 0 Å². The number of halogens is 3. The number of alkyl halides is 3. The van der Waals surface area contributed by atoms with Crippen molar-refractivity contribution in [2.75, 3.05) is 6.54 Å². The molecule has 0 bridgehead atoms. The van der Waals surface area contributed by atoms with Gasteiger partial charge in [-0.05, 0) is 12.8 Å². The molecule has 1 atom stereocenters. The largest absolute Gasteiger partial charge is 0.295 e. The van der Waals surface area contributed by atoms with Crippen LogP contribution in [0.4, 0.5) is 0 Å². The van der Waals surface area contributed by atoms with Crippen molar-refractivity contribution in [1.82, 2.24) is 9.91 Å². The summed E-state index contributed by atoms with van der Waals surface area (Å²) in [4.78, 5) is 1.66. The molecule has 0 aliphatic carbocycles. The number of hydrazone groups is 1. The topological polar surface area (TPSA) is 18.8 Å². The Kier molecular flexibility index (Phi) is 4.81. The quantitative estimate of drug-likeness (QED) is 0.577. The van der Waals surface area contributed by atoms with Gasteiger partial charge in [0.15, 0.2) is 0 Å². The second-order valence-electron chi connectivity index (χ2n) is 3.51. The van der Waals surface area contributed by atoms with E-state index >= 15 is 0 Å². The minimum Gasteiger partial charge on any atom is -0.295 e. The molecule has 0 fully saturated rings. The summed E-state index contributed by atoms with van der Waals surface area (Å²) in [6.07, 6.45) is 4.77. The molecule has 1 heterocycles. The molecule has 0 aromatic rings. The van der Waals surface area contributed by atoms with Gasteiger partial charge in [0.25, 0.3) is 3.92 Å². The van der Waals surface area contributed by atoms with E-state index in [0.29, 0.717) is 0 Å². The van der Waals surface area contributed by atoms with E-state index in [2.05, 4.69) is 18.9 Å². The summed E-state index contributed by atoms with van der Waals surface area (Å²) in [6, 6.07) is 0. The minimum absolute atomic E-state index is 0.0593. The zero-order chi connectivity index (χ0) is 11.5. The third-order valence-electron chi connectivity index (χ3n) is 2.39. The number of rotatable bonds is 4.